The molecule has 0 aliphatic heterocycles. The summed E-state index contributed by atoms with van der Waals surface area (Å²) < 4.78 is 5.56. The molecule has 0 fully saturated rings. The monoisotopic (exact) mass is 293 g/mol. The molecule has 2 aromatic rings. The van der Waals surface area contributed by atoms with Crippen LogP contribution in [0.1, 0.15) is 18.9 Å². The van der Waals surface area contributed by atoms with Gasteiger partial charge in [0.1, 0.15) is 11.5 Å². The maximum atomic E-state index is 11.0. The van der Waals surface area contributed by atoms with Crippen LogP contribution in [0.4, 0.5) is 5.69 Å². The molecule has 0 radical (unpaired) electrons. The molecule has 0 aliphatic rings. The first-order chi connectivity index (χ1) is 9.63. The normalized spacial score (nSPS) is 10.3. The molecule has 0 amide bonds. The number of nitro benzene ring substituents is 1. The van der Waals surface area contributed by atoms with E-state index in [1.54, 1.807) is 12.1 Å². The highest BCUT2D eigenvalue weighted by Gasteiger charge is 2.18. The van der Waals surface area contributed by atoms with Crippen molar-refractivity contribution < 1.29 is 9.66 Å². The van der Waals surface area contributed by atoms with Crippen molar-refractivity contribution in [3.05, 3.63) is 51.4 Å². The minimum absolute atomic E-state index is 0.121. The van der Waals surface area contributed by atoms with Gasteiger partial charge in [-0.15, -0.1) is 0 Å². The maximum Gasteiger partial charge on any atom is 0.311 e. The highest BCUT2D eigenvalue weighted by atomic mass is 35.5. The first kappa shape index (κ1) is 14.2. The van der Waals surface area contributed by atoms with Crippen LogP contribution in [0, 0.1) is 10.1 Å². The van der Waals surface area contributed by atoms with Crippen molar-refractivity contribution >= 4 is 17.3 Å². The van der Waals surface area contributed by atoms with E-state index in [1.165, 1.54) is 18.5 Å². The van der Waals surface area contributed by atoms with Gasteiger partial charge in [0.2, 0.25) is 11.6 Å². The number of aromatic nitrogens is 2. The summed E-state index contributed by atoms with van der Waals surface area (Å²) in [6.07, 6.45) is 2.74. The van der Waals surface area contributed by atoms with Crippen LogP contribution in [0.5, 0.6) is 11.6 Å². The molecule has 6 nitrogen and oxygen atoms in total. The fourth-order valence-electron chi connectivity index (χ4n) is 1.72. The predicted molar refractivity (Wildman–Crippen MR) is 74.2 cm³/mol. The van der Waals surface area contributed by atoms with Crippen molar-refractivity contribution in [1.82, 2.24) is 9.97 Å². The Balaban J connectivity index is 2.40. The number of halogens is 1. The fourth-order valence-corrected chi connectivity index (χ4v) is 1.94. The highest BCUT2D eigenvalue weighted by Crippen LogP contribution is 2.33. The lowest BCUT2D eigenvalue weighted by atomic mass is 10.2. The predicted octanol–water partition coefficient (Wildman–Crippen LogP) is 3.78. The van der Waals surface area contributed by atoms with E-state index in [4.69, 9.17) is 16.3 Å². The van der Waals surface area contributed by atoms with Gasteiger partial charge in [-0.3, -0.25) is 10.1 Å². The van der Waals surface area contributed by atoms with E-state index in [9.17, 15) is 10.1 Å². The van der Waals surface area contributed by atoms with Crippen LogP contribution in [0.3, 0.4) is 0 Å². The van der Waals surface area contributed by atoms with Crippen LogP contribution in [0.2, 0.25) is 5.15 Å². The largest absolute Gasteiger partial charge is 0.431 e. The lowest BCUT2D eigenvalue weighted by Crippen LogP contribution is -1.99. The third kappa shape index (κ3) is 3.03. The second-order valence-corrected chi connectivity index (χ2v) is 4.38. The summed E-state index contributed by atoms with van der Waals surface area (Å²) in [5.41, 5.74) is 0.527. The molecule has 20 heavy (non-hydrogen) atoms. The summed E-state index contributed by atoms with van der Waals surface area (Å²) in [6.45, 7) is 1.98. The number of para-hydroxylation sites is 2. The Bertz CT molecular complexity index is 634. The van der Waals surface area contributed by atoms with E-state index in [0.717, 1.165) is 6.42 Å². The molecule has 1 heterocycles. The Morgan fingerprint density at radius 3 is 2.80 bits per heavy atom. The van der Waals surface area contributed by atoms with E-state index in [1.807, 2.05) is 6.92 Å². The zero-order chi connectivity index (χ0) is 14.5. The molecule has 1 aromatic carbocycles. The number of ether oxygens (including phenoxy) is 1. The quantitative estimate of drug-likeness (QED) is 0.476. The topological polar surface area (TPSA) is 78.2 Å². The van der Waals surface area contributed by atoms with Crippen molar-refractivity contribution in [2.75, 3.05) is 0 Å². The van der Waals surface area contributed by atoms with Crippen LogP contribution in [-0.4, -0.2) is 14.9 Å². The first-order valence-corrected chi connectivity index (χ1v) is 6.42. The molecule has 0 N–H and O–H groups in total. The number of nitro groups is 1. The Morgan fingerprint density at radius 1 is 1.35 bits per heavy atom. The van der Waals surface area contributed by atoms with Crippen molar-refractivity contribution in [1.29, 1.82) is 0 Å². The standard InChI is InChI=1S/C13H12ClN3O3/c1-2-5-9-12(14)15-8-16-13(9)20-11-7-4-3-6-10(11)17(18)19/h3-4,6-8H,2,5H2,1H3. The van der Waals surface area contributed by atoms with Gasteiger partial charge >= 0.3 is 5.69 Å². The minimum atomic E-state index is -0.502. The van der Waals surface area contributed by atoms with E-state index < -0.39 is 4.92 Å². The van der Waals surface area contributed by atoms with Gasteiger partial charge in [-0.2, -0.15) is 0 Å². The van der Waals surface area contributed by atoms with Gasteiger partial charge in [-0.25, -0.2) is 9.97 Å². The van der Waals surface area contributed by atoms with Gasteiger partial charge in [0.05, 0.1) is 10.5 Å². The molecular weight excluding hydrogens is 282 g/mol. The molecule has 1 aromatic heterocycles. The third-order valence-electron chi connectivity index (χ3n) is 2.62. The van der Waals surface area contributed by atoms with E-state index in [2.05, 4.69) is 9.97 Å². The molecular formula is C13H12ClN3O3. The van der Waals surface area contributed by atoms with Crippen LogP contribution in [0.25, 0.3) is 0 Å². The summed E-state index contributed by atoms with van der Waals surface area (Å²) in [7, 11) is 0. The second-order valence-electron chi connectivity index (χ2n) is 4.03. The summed E-state index contributed by atoms with van der Waals surface area (Å²) in [5.74, 6) is 0.380. The Kier molecular flexibility index (Phi) is 4.47. The zero-order valence-electron chi connectivity index (χ0n) is 10.7. The number of benzene rings is 1. The molecule has 0 aliphatic carbocycles. The van der Waals surface area contributed by atoms with Gasteiger partial charge < -0.3 is 4.74 Å². The fraction of sp³-hybridized carbons (Fsp3) is 0.231. The Labute approximate surface area is 120 Å². The van der Waals surface area contributed by atoms with E-state index in [-0.39, 0.29) is 17.3 Å². The lowest BCUT2D eigenvalue weighted by molar-refractivity contribution is -0.385. The van der Waals surface area contributed by atoms with Gasteiger partial charge in [-0.1, -0.05) is 37.1 Å². The van der Waals surface area contributed by atoms with Crippen LogP contribution in [0.15, 0.2) is 30.6 Å². The minimum Gasteiger partial charge on any atom is -0.431 e. The lowest BCUT2D eigenvalue weighted by Gasteiger charge is -2.10. The van der Waals surface area contributed by atoms with Gasteiger partial charge in [0, 0.05) is 6.07 Å². The van der Waals surface area contributed by atoms with Crippen LogP contribution >= 0.6 is 11.6 Å². The van der Waals surface area contributed by atoms with Gasteiger partial charge in [0.15, 0.2) is 0 Å². The zero-order valence-corrected chi connectivity index (χ0v) is 11.5. The molecule has 7 heteroatoms. The molecule has 0 bridgehead atoms. The Morgan fingerprint density at radius 2 is 2.10 bits per heavy atom. The molecule has 104 valence electrons. The number of rotatable bonds is 5. The molecule has 0 spiro atoms. The molecule has 0 saturated heterocycles. The summed E-state index contributed by atoms with van der Waals surface area (Å²) in [4.78, 5) is 18.4. The average molecular weight is 294 g/mol. The molecule has 0 unspecified atom stereocenters. The van der Waals surface area contributed by atoms with Gasteiger partial charge in [0.25, 0.3) is 0 Å². The van der Waals surface area contributed by atoms with Gasteiger partial charge in [-0.05, 0) is 12.5 Å². The maximum absolute atomic E-state index is 11.0. The molecule has 0 saturated carbocycles. The summed E-state index contributed by atoms with van der Waals surface area (Å²) >= 11 is 6.01. The number of hydrogen-bond donors (Lipinski definition) is 0. The average Bonchev–Trinajstić information content (AvgIpc) is 2.43. The number of nitrogens with zero attached hydrogens (tertiary/aromatic N) is 3. The first-order valence-electron chi connectivity index (χ1n) is 6.04. The third-order valence-corrected chi connectivity index (χ3v) is 2.95. The van der Waals surface area contributed by atoms with Crippen LogP contribution in [-0.2, 0) is 6.42 Å². The SMILES string of the molecule is CCCc1c(Cl)ncnc1Oc1ccccc1[N+](=O)[O-]. The van der Waals surface area contributed by atoms with Crippen molar-refractivity contribution in [2.24, 2.45) is 0 Å². The molecule has 2 rings (SSSR count). The van der Waals surface area contributed by atoms with Crippen molar-refractivity contribution in [2.45, 2.75) is 19.8 Å². The molecule has 0 atom stereocenters. The summed E-state index contributed by atoms with van der Waals surface area (Å²) in [5, 5.41) is 11.3. The van der Waals surface area contributed by atoms with E-state index >= 15 is 0 Å². The highest BCUT2D eigenvalue weighted by molar-refractivity contribution is 6.30. The number of hydrogen-bond acceptors (Lipinski definition) is 5. The second kappa shape index (κ2) is 6.29. The van der Waals surface area contributed by atoms with E-state index in [0.29, 0.717) is 17.1 Å². The van der Waals surface area contributed by atoms with Crippen LogP contribution < -0.4 is 4.74 Å². The van der Waals surface area contributed by atoms with Crippen molar-refractivity contribution in [3.63, 3.8) is 0 Å². The van der Waals surface area contributed by atoms with Crippen molar-refractivity contribution in [3.8, 4) is 11.6 Å². The smallest absolute Gasteiger partial charge is 0.311 e. The Hall–Kier alpha value is -2.21. The summed E-state index contributed by atoms with van der Waals surface area (Å²) in [6, 6.07) is 6.12.